The first-order valence-electron chi connectivity index (χ1n) is 7.14. The lowest BCUT2D eigenvalue weighted by molar-refractivity contribution is 0.0599. The van der Waals surface area contributed by atoms with Crippen LogP contribution >= 0.6 is 15.9 Å². The number of carbonyl (C=O) groups excluding carboxylic acids is 1. The van der Waals surface area contributed by atoms with Crippen LogP contribution in [0.3, 0.4) is 0 Å². The average molecular weight is 360 g/mol. The van der Waals surface area contributed by atoms with E-state index in [1.165, 1.54) is 0 Å². The largest absolute Gasteiger partial charge is 0.338 e. The standard InChI is InChI=1S/C16H20BrF2NO/c1-16(2,3)10-4-6-20(7-5-10)15(21)14-12(18)8-11(17)9-13(14)19/h8-10H,4-7H2,1-3H3. The number of carbonyl (C=O) groups is 1. The molecule has 0 N–H and O–H groups in total. The molecule has 0 radical (unpaired) electrons. The van der Waals surface area contributed by atoms with Crippen molar-refractivity contribution < 1.29 is 13.6 Å². The van der Waals surface area contributed by atoms with Crippen LogP contribution < -0.4 is 0 Å². The van der Waals surface area contributed by atoms with Crippen molar-refractivity contribution in [3.63, 3.8) is 0 Å². The molecule has 0 spiro atoms. The number of halogens is 3. The van der Waals surface area contributed by atoms with E-state index < -0.39 is 23.1 Å². The highest BCUT2D eigenvalue weighted by Crippen LogP contribution is 2.34. The molecule has 21 heavy (non-hydrogen) atoms. The van der Waals surface area contributed by atoms with Crippen LogP contribution in [0.25, 0.3) is 0 Å². The van der Waals surface area contributed by atoms with Gasteiger partial charge in [-0.1, -0.05) is 36.7 Å². The van der Waals surface area contributed by atoms with E-state index in [0.717, 1.165) is 25.0 Å². The highest BCUT2D eigenvalue weighted by Gasteiger charge is 2.32. The molecule has 1 heterocycles. The Balaban J connectivity index is 2.13. The summed E-state index contributed by atoms with van der Waals surface area (Å²) in [5.41, 5.74) is -0.254. The van der Waals surface area contributed by atoms with E-state index >= 15 is 0 Å². The van der Waals surface area contributed by atoms with Gasteiger partial charge in [0.25, 0.3) is 5.91 Å². The van der Waals surface area contributed by atoms with Crippen molar-refractivity contribution in [2.75, 3.05) is 13.1 Å². The summed E-state index contributed by atoms with van der Waals surface area (Å²) in [6.45, 7) is 7.65. The summed E-state index contributed by atoms with van der Waals surface area (Å²) in [7, 11) is 0. The van der Waals surface area contributed by atoms with E-state index in [1.54, 1.807) is 4.90 Å². The van der Waals surface area contributed by atoms with Crippen LogP contribution in [-0.4, -0.2) is 23.9 Å². The lowest BCUT2D eigenvalue weighted by Crippen LogP contribution is -2.42. The Morgan fingerprint density at radius 1 is 1.19 bits per heavy atom. The molecule has 1 aromatic rings. The first-order chi connectivity index (χ1) is 9.70. The Morgan fingerprint density at radius 2 is 1.67 bits per heavy atom. The minimum absolute atomic E-state index is 0.198. The monoisotopic (exact) mass is 359 g/mol. The third-order valence-corrected chi connectivity index (χ3v) is 4.69. The third kappa shape index (κ3) is 3.62. The Labute approximate surface area is 132 Å². The summed E-state index contributed by atoms with van der Waals surface area (Å²) in [4.78, 5) is 13.9. The van der Waals surface area contributed by atoms with Gasteiger partial charge in [-0.25, -0.2) is 8.78 Å². The van der Waals surface area contributed by atoms with Gasteiger partial charge in [-0.3, -0.25) is 4.79 Å². The first kappa shape index (κ1) is 16.4. The summed E-state index contributed by atoms with van der Waals surface area (Å²) < 4.78 is 28.0. The molecule has 0 saturated carbocycles. The van der Waals surface area contributed by atoms with Gasteiger partial charge in [-0.15, -0.1) is 0 Å². The number of amides is 1. The lowest BCUT2D eigenvalue weighted by Gasteiger charge is -2.38. The Bertz CT molecular complexity index is 523. The normalized spacial score (nSPS) is 17.1. The second-order valence-electron chi connectivity index (χ2n) is 6.68. The maximum absolute atomic E-state index is 13.9. The van der Waals surface area contributed by atoms with Crippen molar-refractivity contribution in [1.82, 2.24) is 4.90 Å². The molecule has 1 aliphatic heterocycles. The first-order valence-corrected chi connectivity index (χ1v) is 7.93. The van der Waals surface area contributed by atoms with Crippen LogP contribution in [0.4, 0.5) is 8.78 Å². The maximum Gasteiger partial charge on any atom is 0.259 e. The minimum Gasteiger partial charge on any atom is -0.338 e. The summed E-state index contributed by atoms with van der Waals surface area (Å²) in [6, 6.07) is 2.25. The topological polar surface area (TPSA) is 20.3 Å². The average Bonchev–Trinajstić information content (AvgIpc) is 2.36. The van der Waals surface area contributed by atoms with Crippen molar-refractivity contribution in [3.05, 3.63) is 33.8 Å². The summed E-state index contributed by atoms with van der Waals surface area (Å²) in [5, 5.41) is 0. The van der Waals surface area contributed by atoms with Crippen molar-refractivity contribution in [2.45, 2.75) is 33.6 Å². The number of benzene rings is 1. The van der Waals surface area contributed by atoms with Crippen molar-refractivity contribution >= 4 is 21.8 Å². The second-order valence-corrected chi connectivity index (χ2v) is 7.59. The molecule has 0 aliphatic carbocycles. The molecule has 0 atom stereocenters. The molecule has 0 bridgehead atoms. The van der Waals surface area contributed by atoms with Gasteiger partial charge in [0, 0.05) is 17.6 Å². The zero-order valence-corrected chi connectivity index (χ0v) is 14.1. The minimum atomic E-state index is -0.815. The van der Waals surface area contributed by atoms with Crippen LogP contribution in [0.2, 0.25) is 0 Å². The third-order valence-electron chi connectivity index (χ3n) is 4.23. The zero-order valence-electron chi connectivity index (χ0n) is 12.5. The van der Waals surface area contributed by atoms with Gasteiger partial charge in [0.05, 0.1) is 0 Å². The van der Waals surface area contributed by atoms with Crippen LogP contribution in [-0.2, 0) is 0 Å². The van der Waals surface area contributed by atoms with Crippen LogP contribution in [0.5, 0.6) is 0 Å². The molecule has 116 valence electrons. The highest BCUT2D eigenvalue weighted by molar-refractivity contribution is 9.10. The molecule has 1 aliphatic rings. The van der Waals surface area contributed by atoms with Gasteiger partial charge >= 0.3 is 0 Å². The van der Waals surface area contributed by atoms with Crippen LogP contribution in [0.1, 0.15) is 44.0 Å². The van der Waals surface area contributed by atoms with E-state index in [2.05, 4.69) is 36.7 Å². The molecule has 1 fully saturated rings. The zero-order chi connectivity index (χ0) is 15.8. The number of hydrogen-bond donors (Lipinski definition) is 0. The van der Waals surface area contributed by atoms with Crippen molar-refractivity contribution in [2.24, 2.45) is 11.3 Å². The number of nitrogens with zero attached hydrogens (tertiary/aromatic N) is 1. The number of likely N-dealkylation sites (tertiary alicyclic amines) is 1. The van der Waals surface area contributed by atoms with E-state index in [-0.39, 0.29) is 5.41 Å². The van der Waals surface area contributed by atoms with Crippen LogP contribution in [0.15, 0.2) is 16.6 Å². The Morgan fingerprint density at radius 3 is 2.10 bits per heavy atom. The van der Waals surface area contributed by atoms with E-state index in [0.29, 0.717) is 23.5 Å². The fourth-order valence-corrected chi connectivity index (χ4v) is 3.26. The van der Waals surface area contributed by atoms with Gasteiger partial charge in [0.15, 0.2) is 0 Å². The highest BCUT2D eigenvalue weighted by atomic mass is 79.9. The van der Waals surface area contributed by atoms with Gasteiger partial charge in [-0.2, -0.15) is 0 Å². The molecule has 2 rings (SSSR count). The molecule has 1 amide bonds. The van der Waals surface area contributed by atoms with Crippen molar-refractivity contribution in [1.29, 1.82) is 0 Å². The quantitative estimate of drug-likeness (QED) is 0.715. The maximum atomic E-state index is 13.9. The summed E-state index contributed by atoms with van der Waals surface area (Å²) >= 11 is 3.02. The SMILES string of the molecule is CC(C)(C)C1CCN(C(=O)c2c(F)cc(Br)cc2F)CC1. The molecule has 0 aromatic heterocycles. The molecule has 1 aromatic carbocycles. The summed E-state index contributed by atoms with van der Waals surface area (Å²) in [6.07, 6.45) is 1.74. The lowest BCUT2D eigenvalue weighted by atomic mass is 9.75. The second kappa shape index (κ2) is 6.03. The predicted molar refractivity (Wildman–Crippen MR) is 82.1 cm³/mol. The Kier molecular flexibility index (Phi) is 4.71. The predicted octanol–water partition coefficient (Wildman–Crippen LogP) is 4.63. The van der Waals surface area contributed by atoms with Crippen molar-refractivity contribution in [3.8, 4) is 0 Å². The molecular weight excluding hydrogens is 340 g/mol. The Hall–Kier alpha value is -0.970. The fourth-order valence-electron chi connectivity index (χ4n) is 2.85. The smallest absolute Gasteiger partial charge is 0.259 e. The number of hydrogen-bond acceptors (Lipinski definition) is 1. The molecule has 0 unspecified atom stereocenters. The van der Waals surface area contributed by atoms with E-state index in [4.69, 9.17) is 0 Å². The number of rotatable bonds is 1. The fraction of sp³-hybridized carbons (Fsp3) is 0.562. The van der Waals surface area contributed by atoms with Crippen LogP contribution in [0, 0.1) is 23.0 Å². The molecular formula is C16H20BrF2NO. The molecule has 2 nitrogen and oxygen atoms in total. The van der Waals surface area contributed by atoms with Gasteiger partial charge in [-0.05, 0) is 36.3 Å². The molecule has 1 saturated heterocycles. The van der Waals surface area contributed by atoms with Gasteiger partial charge in [0.1, 0.15) is 17.2 Å². The van der Waals surface area contributed by atoms with E-state index in [9.17, 15) is 13.6 Å². The van der Waals surface area contributed by atoms with Gasteiger partial charge in [0.2, 0.25) is 0 Å². The number of piperidine rings is 1. The molecule has 5 heteroatoms. The summed E-state index contributed by atoms with van der Waals surface area (Å²) in [5.74, 6) is -1.65. The van der Waals surface area contributed by atoms with E-state index in [1.807, 2.05) is 0 Å². The van der Waals surface area contributed by atoms with Gasteiger partial charge < -0.3 is 4.90 Å².